The van der Waals surface area contributed by atoms with E-state index in [1.165, 1.54) is 8.80 Å². The Hall–Kier alpha value is -0.450. The molecular weight excluding hydrogens is 239 g/mol. The van der Waals surface area contributed by atoms with E-state index in [9.17, 15) is 0 Å². The molecule has 0 atom stereocenters. The third-order valence-electron chi connectivity index (χ3n) is 1.45. The van der Waals surface area contributed by atoms with Crippen molar-refractivity contribution in [2.45, 2.75) is 0 Å². The number of hydrogen-bond acceptors (Lipinski definition) is 2. The Labute approximate surface area is 71.8 Å². The van der Waals surface area contributed by atoms with E-state index in [1.807, 2.05) is 6.07 Å². The SMILES string of the molecule is IC1=c2cccnc2=NC1. The zero-order chi connectivity index (χ0) is 6.97. The molecule has 1 aliphatic rings. The van der Waals surface area contributed by atoms with Crippen LogP contribution in [0.1, 0.15) is 0 Å². The molecule has 0 radical (unpaired) electrons. The number of pyridine rings is 1. The third kappa shape index (κ3) is 0.847. The predicted molar refractivity (Wildman–Crippen MR) is 47.3 cm³/mol. The second kappa shape index (κ2) is 2.30. The molecule has 2 rings (SSSR count). The van der Waals surface area contributed by atoms with Gasteiger partial charge < -0.3 is 0 Å². The highest BCUT2D eigenvalue weighted by Crippen LogP contribution is 2.05. The molecule has 1 aromatic rings. The number of fused-ring (bicyclic) bond motifs is 1. The highest BCUT2D eigenvalue weighted by atomic mass is 127. The zero-order valence-corrected chi connectivity index (χ0v) is 7.37. The summed E-state index contributed by atoms with van der Waals surface area (Å²) in [5.41, 5.74) is 0.895. The van der Waals surface area contributed by atoms with Crippen LogP contribution in [0.15, 0.2) is 23.3 Å². The van der Waals surface area contributed by atoms with E-state index in [2.05, 4.69) is 38.6 Å². The van der Waals surface area contributed by atoms with Gasteiger partial charge in [-0.3, -0.25) is 4.99 Å². The number of hydrogen-bond donors (Lipinski definition) is 0. The molecule has 0 fully saturated rings. The van der Waals surface area contributed by atoms with E-state index in [0.717, 1.165) is 12.0 Å². The fourth-order valence-electron chi connectivity index (χ4n) is 0.964. The van der Waals surface area contributed by atoms with Gasteiger partial charge in [0.05, 0.1) is 6.54 Å². The molecule has 1 aromatic heterocycles. The monoisotopic (exact) mass is 244 g/mol. The van der Waals surface area contributed by atoms with Crippen molar-refractivity contribution >= 4 is 26.2 Å². The Morgan fingerprint density at radius 3 is 3.20 bits per heavy atom. The highest BCUT2D eigenvalue weighted by Gasteiger charge is 2.00. The van der Waals surface area contributed by atoms with E-state index < -0.39 is 0 Å². The standard InChI is InChI=1S/C7H5IN2/c8-6-4-10-7-5(6)2-1-3-9-7/h1-3H,4H2. The van der Waals surface area contributed by atoms with Crippen molar-refractivity contribution in [1.29, 1.82) is 0 Å². The molecule has 0 saturated carbocycles. The van der Waals surface area contributed by atoms with Gasteiger partial charge in [-0.25, -0.2) is 4.98 Å². The van der Waals surface area contributed by atoms with Crippen molar-refractivity contribution in [3.05, 3.63) is 29.0 Å². The topological polar surface area (TPSA) is 25.2 Å². The quantitative estimate of drug-likeness (QED) is 0.601. The van der Waals surface area contributed by atoms with Crippen LogP contribution < -0.4 is 10.7 Å². The molecule has 0 N–H and O–H groups in total. The molecule has 2 nitrogen and oxygen atoms in total. The van der Waals surface area contributed by atoms with Crippen LogP contribution in [0, 0.1) is 0 Å². The largest absolute Gasteiger partial charge is 0.261 e. The summed E-state index contributed by atoms with van der Waals surface area (Å²) in [7, 11) is 0. The van der Waals surface area contributed by atoms with Crippen LogP contribution >= 0.6 is 22.6 Å². The van der Waals surface area contributed by atoms with Crippen LogP contribution in [0.25, 0.3) is 3.58 Å². The summed E-state index contributed by atoms with van der Waals surface area (Å²) in [6.07, 6.45) is 1.78. The average Bonchev–Trinajstić information content (AvgIpc) is 2.34. The van der Waals surface area contributed by atoms with Crippen molar-refractivity contribution < 1.29 is 0 Å². The van der Waals surface area contributed by atoms with Gasteiger partial charge in [0.15, 0.2) is 5.49 Å². The van der Waals surface area contributed by atoms with Gasteiger partial charge in [0, 0.05) is 15.0 Å². The first-order valence-corrected chi connectivity index (χ1v) is 4.10. The van der Waals surface area contributed by atoms with E-state index in [0.29, 0.717) is 0 Å². The maximum Gasteiger partial charge on any atom is 0.155 e. The van der Waals surface area contributed by atoms with Crippen LogP contribution in [-0.4, -0.2) is 11.5 Å². The fraction of sp³-hybridized carbons (Fsp3) is 0.143. The molecule has 0 aromatic carbocycles. The van der Waals surface area contributed by atoms with Crippen molar-refractivity contribution in [2.24, 2.45) is 4.99 Å². The smallest absolute Gasteiger partial charge is 0.155 e. The van der Waals surface area contributed by atoms with Gasteiger partial charge in [0.25, 0.3) is 0 Å². The van der Waals surface area contributed by atoms with E-state index in [4.69, 9.17) is 0 Å². The average molecular weight is 244 g/mol. The zero-order valence-electron chi connectivity index (χ0n) is 5.21. The first-order chi connectivity index (χ1) is 4.88. The van der Waals surface area contributed by atoms with Crippen molar-refractivity contribution in [2.75, 3.05) is 6.54 Å². The summed E-state index contributed by atoms with van der Waals surface area (Å²) < 4.78 is 1.29. The summed E-state index contributed by atoms with van der Waals surface area (Å²) in [5.74, 6) is 0. The van der Waals surface area contributed by atoms with Crippen LogP contribution in [0.3, 0.4) is 0 Å². The fourth-order valence-corrected chi connectivity index (χ4v) is 1.56. The Balaban J connectivity index is 2.96. The molecule has 0 unspecified atom stereocenters. The van der Waals surface area contributed by atoms with Gasteiger partial charge in [0.2, 0.25) is 0 Å². The van der Waals surface area contributed by atoms with Crippen LogP contribution in [0.2, 0.25) is 0 Å². The van der Waals surface area contributed by atoms with Gasteiger partial charge in [-0.15, -0.1) is 0 Å². The van der Waals surface area contributed by atoms with Crippen molar-refractivity contribution in [3.8, 4) is 0 Å². The summed E-state index contributed by atoms with van der Waals surface area (Å²) in [5, 5.41) is 1.20. The minimum absolute atomic E-state index is 0.812. The maximum absolute atomic E-state index is 4.22. The third-order valence-corrected chi connectivity index (χ3v) is 2.37. The van der Waals surface area contributed by atoms with E-state index >= 15 is 0 Å². The van der Waals surface area contributed by atoms with Gasteiger partial charge in [-0.05, 0) is 34.7 Å². The molecule has 10 heavy (non-hydrogen) atoms. The summed E-state index contributed by atoms with van der Waals surface area (Å²) in [6.45, 7) is 0.812. The second-order valence-corrected chi connectivity index (χ2v) is 3.40. The molecule has 1 aliphatic heterocycles. The number of halogens is 1. The molecule has 0 amide bonds. The Bertz CT molecular complexity index is 369. The van der Waals surface area contributed by atoms with Crippen LogP contribution in [0.5, 0.6) is 0 Å². The molecule has 0 spiro atoms. The summed E-state index contributed by atoms with van der Waals surface area (Å²) in [6, 6.07) is 4.00. The molecule has 0 bridgehead atoms. The van der Waals surface area contributed by atoms with Crippen LogP contribution in [0.4, 0.5) is 0 Å². The van der Waals surface area contributed by atoms with Gasteiger partial charge in [-0.1, -0.05) is 0 Å². The molecule has 2 heterocycles. The molecule has 0 aliphatic carbocycles. The molecule has 3 heteroatoms. The van der Waals surface area contributed by atoms with Gasteiger partial charge in [0.1, 0.15) is 0 Å². The normalized spacial score (nSPS) is 14.7. The maximum atomic E-state index is 4.22. The Morgan fingerprint density at radius 2 is 2.40 bits per heavy atom. The minimum Gasteiger partial charge on any atom is -0.261 e. The number of aromatic nitrogens is 1. The number of nitrogens with zero attached hydrogens (tertiary/aromatic N) is 2. The lowest BCUT2D eigenvalue weighted by atomic mass is 10.4. The predicted octanol–water partition coefficient (Wildman–Crippen LogP) is 0.258. The lowest BCUT2D eigenvalue weighted by Gasteiger charge is -1.81. The lowest BCUT2D eigenvalue weighted by molar-refractivity contribution is 1.10. The van der Waals surface area contributed by atoms with Crippen LogP contribution in [-0.2, 0) is 0 Å². The Kier molecular flexibility index (Phi) is 1.44. The van der Waals surface area contributed by atoms with Crippen molar-refractivity contribution in [3.63, 3.8) is 0 Å². The lowest BCUT2D eigenvalue weighted by Crippen LogP contribution is -2.24. The van der Waals surface area contributed by atoms with E-state index in [-0.39, 0.29) is 0 Å². The molecule has 50 valence electrons. The molecular formula is C7H5IN2. The highest BCUT2D eigenvalue weighted by molar-refractivity contribution is 14.1. The first-order valence-electron chi connectivity index (χ1n) is 3.02. The summed E-state index contributed by atoms with van der Waals surface area (Å²) >= 11 is 2.31. The Morgan fingerprint density at radius 1 is 1.50 bits per heavy atom. The van der Waals surface area contributed by atoms with Gasteiger partial charge in [-0.2, -0.15) is 0 Å². The number of rotatable bonds is 0. The van der Waals surface area contributed by atoms with Crippen molar-refractivity contribution in [1.82, 2.24) is 4.98 Å². The van der Waals surface area contributed by atoms with Gasteiger partial charge >= 0.3 is 0 Å². The van der Waals surface area contributed by atoms with E-state index in [1.54, 1.807) is 6.20 Å². The molecule has 0 saturated heterocycles. The second-order valence-electron chi connectivity index (χ2n) is 2.10. The first kappa shape index (κ1) is 6.27. The summed E-state index contributed by atoms with van der Waals surface area (Å²) in [4.78, 5) is 8.34. The minimum atomic E-state index is 0.812.